The van der Waals surface area contributed by atoms with Crippen molar-refractivity contribution < 1.29 is 19.1 Å². The zero-order valence-corrected chi connectivity index (χ0v) is 20.7. The van der Waals surface area contributed by atoms with Crippen molar-refractivity contribution in [1.29, 1.82) is 0 Å². The molecule has 1 aliphatic rings. The maximum atomic E-state index is 13.0. The normalized spacial score (nSPS) is 14.9. The van der Waals surface area contributed by atoms with Crippen molar-refractivity contribution in [1.82, 2.24) is 9.97 Å². The SMILES string of the molecule is CCCCOC(=O)N1CCC(OC(C)=O)c2nc(-c3ccc(C)cc3)c(-c3ccc(C)cc3)nc21. The van der Waals surface area contributed by atoms with E-state index in [-0.39, 0.29) is 0 Å². The van der Waals surface area contributed by atoms with Gasteiger partial charge in [-0.05, 0) is 20.3 Å². The molecular weight excluding hydrogens is 442 g/mol. The van der Waals surface area contributed by atoms with Crippen LogP contribution in [-0.4, -0.2) is 35.2 Å². The van der Waals surface area contributed by atoms with E-state index in [9.17, 15) is 9.59 Å². The van der Waals surface area contributed by atoms with E-state index in [1.165, 1.54) is 11.8 Å². The molecule has 0 radical (unpaired) electrons. The van der Waals surface area contributed by atoms with Crippen molar-refractivity contribution in [2.24, 2.45) is 0 Å². The molecule has 7 nitrogen and oxygen atoms in total. The Morgan fingerprint density at radius 1 is 0.943 bits per heavy atom. The lowest BCUT2D eigenvalue weighted by Crippen LogP contribution is -2.39. The van der Waals surface area contributed by atoms with Crippen molar-refractivity contribution in [3.05, 3.63) is 65.4 Å². The van der Waals surface area contributed by atoms with Gasteiger partial charge in [-0.15, -0.1) is 0 Å². The van der Waals surface area contributed by atoms with Gasteiger partial charge in [0.1, 0.15) is 11.8 Å². The van der Waals surface area contributed by atoms with Crippen LogP contribution in [0.3, 0.4) is 0 Å². The second-order valence-electron chi connectivity index (χ2n) is 8.87. The third-order valence-electron chi connectivity index (χ3n) is 5.98. The topological polar surface area (TPSA) is 81.6 Å². The van der Waals surface area contributed by atoms with E-state index in [1.807, 2.05) is 69.3 Å². The molecule has 1 aromatic heterocycles. The Kier molecular flexibility index (Phi) is 7.44. The van der Waals surface area contributed by atoms with Gasteiger partial charge in [0.05, 0.1) is 18.0 Å². The summed E-state index contributed by atoms with van der Waals surface area (Å²) in [5.41, 5.74) is 5.84. The average molecular weight is 474 g/mol. The van der Waals surface area contributed by atoms with Crippen LogP contribution < -0.4 is 4.90 Å². The number of hydrogen-bond donors (Lipinski definition) is 0. The fourth-order valence-electron chi connectivity index (χ4n) is 4.04. The smallest absolute Gasteiger partial charge is 0.415 e. The molecule has 7 heteroatoms. The summed E-state index contributed by atoms with van der Waals surface area (Å²) in [7, 11) is 0. The molecule has 1 atom stereocenters. The van der Waals surface area contributed by atoms with Crippen LogP contribution in [0, 0.1) is 13.8 Å². The number of rotatable bonds is 6. The highest BCUT2D eigenvalue weighted by Gasteiger charge is 2.35. The Hall–Kier alpha value is -3.74. The second kappa shape index (κ2) is 10.7. The maximum absolute atomic E-state index is 13.0. The number of ether oxygens (including phenoxy) is 2. The van der Waals surface area contributed by atoms with Gasteiger partial charge < -0.3 is 9.47 Å². The number of amides is 1. The highest BCUT2D eigenvalue weighted by Crippen LogP contribution is 2.39. The van der Waals surface area contributed by atoms with E-state index in [0.717, 1.165) is 35.1 Å². The number of benzene rings is 2. The highest BCUT2D eigenvalue weighted by atomic mass is 16.6. The highest BCUT2D eigenvalue weighted by molar-refractivity contribution is 5.89. The van der Waals surface area contributed by atoms with Gasteiger partial charge in [-0.25, -0.2) is 14.8 Å². The van der Waals surface area contributed by atoms with Crippen LogP contribution in [0.25, 0.3) is 22.5 Å². The van der Waals surface area contributed by atoms with Crippen LogP contribution in [0.2, 0.25) is 0 Å². The quantitative estimate of drug-likeness (QED) is 0.314. The van der Waals surface area contributed by atoms with Gasteiger partial charge in [0, 0.05) is 31.0 Å². The van der Waals surface area contributed by atoms with Gasteiger partial charge in [0.15, 0.2) is 5.82 Å². The van der Waals surface area contributed by atoms with Crippen molar-refractivity contribution in [3.8, 4) is 22.5 Å². The first-order valence-corrected chi connectivity index (χ1v) is 12.0. The number of carbonyl (C=O) groups excluding carboxylic acids is 2. The molecule has 0 N–H and O–H groups in total. The summed E-state index contributed by atoms with van der Waals surface area (Å²) in [6, 6.07) is 16.1. The van der Waals surface area contributed by atoms with Gasteiger partial charge in [0.25, 0.3) is 0 Å². The first-order valence-electron chi connectivity index (χ1n) is 12.0. The predicted molar refractivity (Wildman–Crippen MR) is 135 cm³/mol. The molecule has 1 amide bonds. The van der Waals surface area contributed by atoms with Crippen LogP contribution in [0.5, 0.6) is 0 Å². The van der Waals surface area contributed by atoms with Crippen LogP contribution in [0.4, 0.5) is 10.6 Å². The van der Waals surface area contributed by atoms with E-state index >= 15 is 0 Å². The molecule has 4 rings (SSSR count). The van der Waals surface area contributed by atoms with Gasteiger partial charge in [0.2, 0.25) is 0 Å². The molecule has 1 aliphatic heterocycles. The number of aromatic nitrogens is 2. The van der Waals surface area contributed by atoms with Crippen molar-refractivity contribution in [3.63, 3.8) is 0 Å². The molecule has 182 valence electrons. The van der Waals surface area contributed by atoms with Gasteiger partial charge in [-0.2, -0.15) is 0 Å². The van der Waals surface area contributed by atoms with E-state index in [4.69, 9.17) is 19.4 Å². The van der Waals surface area contributed by atoms with Gasteiger partial charge in [-0.1, -0.05) is 73.0 Å². The van der Waals surface area contributed by atoms with Crippen LogP contribution in [-0.2, 0) is 14.3 Å². The van der Waals surface area contributed by atoms with E-state index in [0.29, 0.717) is 42.5 Å². The molecule has 0 saturated heterocycles. The third kappa shape index (κ3) is 5.50. The Morgan fingerprint density at radius 3 is 2.06 bits per heavy atom. The van der Waals surface area contributed by atoms with E-state index in [1.54, 1.807) is 0 Å². The Bertz CT molecular complexity index is 1210. The second-order valence-corrected chi connectivity index (χ2v) is 8.87. The molecule has 0 fully saturated rings. The average Bonchev–Trinajstić information content (AvgIpc) is 2.84. The fourth-order valence-corrected chi connectivity index (χ4v) is 4.04. The third-order valence-corrected chi connectivity index (χ3v) is 5.98. The van der Waals surface area contributed by atoms with Crippen molar-refractivity contribution in [2.75, 3.05) is 18.1 Å². The lowest BCUT2D eigenvalue weighted by Gasteiger charge is -2.32. The van der Waals surface area contributed by atoms with E-state index in [2.05, 4.69) is 0 Å². The molecular formula is C28H31N3O4. The van der Waals surface area contributed by atoms with Crippen LogP contribution in [0.1, 0.15) is 56.0 Å². The summed E-state index contributed by atoms with van der Waals surface area (Å²) in [6.45, 7) is 8.14. The number of fused-ring (bicyclic) bond motifs is 1. The minimum atomic E-state index is -0.592. The first kappa shape index (κ1) is 24.4. The Labute approximate surface area is 206 Å². The monoisotopic (exact) mass is 473 g/mol. The zero-order chi connectivity index (χ0) is 24.9. The maximum Gasteiger partial charge on any atom is 0.415 e. The van der Waals surface area contributed by atoms with Gasteiger partial charge >= 0.3 is 12.1 Å². The van der Waals surface area contributed by atoms with Crippen molar-refractivity contribution in [2.45, 2.75) is 53.1 Å². The number of hydrogen-bond acceptors (Lipinski definition) is 6. The predicted octanol–water partition coefficient (Wildman–Crippen LogP) is 6.18. The number of unbranched alkanes of at least 4 members (excludes halogenated alkanes) is 1. The molecule has 0 bridgehead atoms. The molecule has 1 unspecified atom stereocenters. The van der Waals surface area contributed by atoms with Gasteiger partial charge in [-0.3, -0.25) is 9.69 Å². The Morgan fingerprint density at radius 2 is 1.51 bits per heavy atom. The lowest BCUT2D eigenvalue weighted by atomic mass is 10.00. The number of esters is 1. The van der Waals surface area contributed by atoms with Crippen LogP contribution >= 0.6 is 0 Å². The van der Waals surface area contributed by atoms with Crippen LogP contribution in [0.15, 0.2) is 48.5 Å². The molecule has 0 spiro atoms. The summed E-state index contributed by atoms with van der Waals surface area (Å²) < 4.78 is 11.1. The number of nitrogens with zero attached hydrogens (tertiary/aromatic N) is 3. The minimum Gasteiger partial charge on any atom is -0.456 e. The largest absolute Gasteiger partial charge is 0.456 e. The van der Waals surface area contributed by atoms with E-state index < -0.39 is 18.2 Å². The molecule has 0 saturated carbocycles. The molecule has 2 heterocycles. The summed E-state index contributed by atoms with van der Waals surface area (Å²) >= 11 is 0. The number of carbonyl (C=O) groups is 2. The number of aryl methyl sites for hydroxylation is 2. The minimum absolute atomic E-state index is 0.321. The molecule has 35 heavy (non-hydrogen) atoms. The van der Waals surface area contributed by atoms with Crippen molar-refractivity contribution >= 4 is 17.9 Å². The fraction of sp³-hybridized carbons (Fsp3) is 0.357. The first-order chi connectivity index (χ1) is 16.9. The molecule has 0 aliphatic carbocycles. The molecule has 3 aromatic rings. The standard InChI is InChI=1S/C28H31N3O4/c1-5-6-17-34-28(33)31-16-15-23(35-20(4)32)26-27(31)30-25(22-13-9-19(3)10-14-22)24(29-26)21-11-7-18(2)8-12-21/h7-14,23H,5-6,15-17H2,1-4H3. The zero-order valence-electron chi connectivity index (χ0n) is 20.7. The summed E-state index contributed by atoms with van der Waals surface area (Å²) in [5.74, 6) is -0.0309. The number of anilines is 1. The Balaban J connectivity index is 1.89. The lowest BCUT2D eigenvalue weighted by molar-refractivity contribution is -0.147. The summed E-state index contributed by atoms with van der Waals surface area (Å²) in [4.78, 5) is 36.3. The molecule has 2 aromatic carbocycles. The summed E-state index contributed by atoms with van der Waals surface area (Å²) in [5, 5.41) is 0. The summed E-state index contributed by atoms with van der Waals surface area (Å²) in [6.07, 6.45) is 1.07.